The van der Waals surface area contributed by atoms with Crippen molar-refractivity contribution in [3.8, 4) is 17.6 Å². The predicted octanol–water partition coefficient (Wildman–Crippen LogP) is 3.36. The molecule has 0 aliphatic carbocycles. The molecule has 0 spiro atoms. The first kappa shape index (κ1) is 20.8. The van der Waals surface area contributed by atoms with Crippen molar-refractivity contribution in [1.82, 2.24) is 4.90 Å². The number of hydrogen-bond acceptors (Lipinski definition) is 2. The second kappa shape index (κ2) is 9.91. The second-order valence-electron chi connectivity index (χ2n) is 5.21. The summed E-state index contributed by atoms with van der Waals surface area (Å²) < 4.78 is 31.0. The molecule has 0 N–H and O–H groups in total. The summed E-state index contributed by atoms with van der Waals surface area (Å²) in [5, 5.41) is 0. The van der Waals surface area contributed by atoms with Crippen molar-refractivity contribution < 1.29 is 51.0 Å². The Balaban J connectivity index is 0.00000288. The van der Waals surface area contributed by atoms with Crippen LogP contribution in [0.4, 0.5) is 8.78 Å². The van der Waals surface area contributed by atoms with Gasteiger partial charge < -0.3 is 9.64 Å². The molecular weight excluding hydrogens is 389 g/mol. The molecule has 0 saturated carbocycles. The summed E-state index contributed by atoms with van der Waals surface area (Å²) in [5.74, 6) is 5.53. The van der Waals surface area contributed by atoms with Gasteiger partial charge in [0.05, 0.1) is 6.54 Å². The van der Waals surface area contributed by atoms with Gasteiger partial charge >= 0.3 is 0 Å². The SMILES string of the molecule is CC#CCOc1ccc(C2=[C-]CC(C)C(=O)N2CC(F)F)cc1.[Y]. The molecule has 1 atom stereocenters. The summed E-state index contributed by atoms with van der Waals surface area (Å²) in [4.78, 5) is 13.3. The minimum atomic E-state index is -2.59. The molecule has 2 rings (SSSR count). The Kier molecular flexibility index (Phi) is 8.59. The van der Waals surface area contributed by atoms with Gasteiger partial charge in [-0.1, -0.05) is 19.3 Å². The van der Waals surface area contributed by atoms with Crippen LogP contribution in [0.5, 0.6) is 5.75 Å². The molecule has 1 aromatic carbocycles. The maximum Gasteiger partial charge on any atom is 0.256 e. The third-order valence-electron chi connectivity index (χ3n) is 3.47. The molecule has 24 heavy (non-hydrogen) atoms. The van der Waals surface area contributed by atoms with E-state index in [0.717, 1.165) is 4.90 Å². The summed E-state index contributed by atoms with van der Waals surface area (Å²) in [6, 6.07) is 6.92. The van der Waals surface area contributed by atoms with Crippen molar-refractivity contribution in [2.24, 2.45) is 5.92 Å². The summed E-state index contributed by atoms with van der Waals surface area (Å²) in [6.45, 7) is 3.12. The van der Waals surface area contributed by atoms with Crippen LogP contribution in [0.2, 0.25) is 0 Å². The Morgan fingerprint density at radius 2 is 2.04 bits per heavy atom. The van der Waals surface area contributed by atoms with Gasteiger partial charge in [-0.2, -0.15) is 5.56 Å². The fraction of sp³-hybridized carbons (Fsp3) is 0.389. The average molecular weight is 407 g/mol. The standard InChI is InChI=1S/C18H18F2NO2.Y/c1-3-4-11-23-15-8-6-14(7-9-15)16-10-5-13(2)18(22)21(16)12-17(19)20;/h6-9,13,17H,5,11-12H2,1-2H3;/q-1;. The van der Waals surface area contributed by atoms with Crippen molar-refractivity contribution >= 4 is 11.6 Å². The van der Waals surface area contributed by atoms with Crippen LogP contribution in [0, 0.1) is 23.8 Å². The molecule has 0 bridgehead atoms. The molecular formula is C18H18F2NO2Y-. The number of benzene rings is 1. The van der Waals surface area contributed by atoms with E-state index in [-0.39, 0.29) is 51.1 Å². The quantitative estimate of drug-likeness (QED) is 0.554. The molecule has 0 saturated heterocycles. The minimum absolute atomic E-state index is 0. The van der Waals surface area contributed by atoms with Gasteiger partial charge in [0.1, 0.15) is 12.4 Å². The summed E-state index contributed by atoms with van der Waals surface area (Å²) in [5.41, 5.74) is 1.08. The number of carbonyl (C=O) groups is 1. The number of allylic oxidation sites excluding steroid dienone is 1. The van der Waals surface area contributed by atoms with Gasteiger partial charge in [-0.25, -0.2) is 14.9 Å². The molecule has 1 aliphatic heterocycles. The minimum Gasteiger partial charge on any atom is -0.481 e. The van der Waals surface area contributed by atoms with E-state index in [1.54, 1.807) is 38.1 Å². The molecule has 1 radical (unpaired) electrons. The van der Waals surface area contributed by atoms with E-state index in [4.69, 9.17) is 4.74 Å². The maximum atomic E-state index is 12.8. The van der Waals surface area contributed by atoms with E-state index in [2.05, 4.69) is 17.9 Å². The molecule has 1 aromatic rings. The third kappa shape index (κ3) is 5.39. The molecule has 125 valence electrons. The average Bonchev–Trinajstić information content (AvgIpc) is 2.53. The van der Waals surface area contributed by atoms with E-state index in [1.807, 2.05) is 0 Å². The van der Waals surface area contributed by atoms with E-state index in [1.165, 1.54) is 0 Å². The Hall–Kier alpha value is -1.25. The molecule has 1 amide bonds. The van der Waals surface area contributed by atoms with Crippen molar-refractivity contribution in [2.45, 2.75) is 26.7 Å². The topological polar surface area (TPSA) is 29.5 Å². The predicted molar refractivity (Wildman–Crippen MR) is 83.5 cm³/mol. The van der Waals surface area contributed by atoms with Crippen LogP contribution >= 0.6 is 0 Å². The van der Waals surface area contributed by atoms with Crippen LogP contribution < -0.4 is 4.74 Å². The smallest absolute Gasteiger partial charge is 0.256 e. The molecule has 6 heteroatoms. The van der Waals surface area contributed by atoms with Gasteiger partial charge in [-0.15, -0.1) is 23.8 Å². The van der Waals surface area contributed by atoms with Crippen molar-refractivity contribution in [3.63, 3.8) is 0 Å². The van der Waals surface area contributed by atoms with Crippen molar-refractivity contribution in [3.05, 3.63) is 35.9 Å². The molecule has 0 fully saturated rings. The normalized spacial score (nSPS) is 16.9. The van der Waals surface area contributed by atoms with Gasteiger partial charge in [0.2, 0.25) is 5.91 Å². The number of hydrogen-bond donors (Lipinski definition) is 0. The van der Waals surface area contributed by atoms with Crippen LogP contribution in [0.25, 0.3) is 5.70 Å². The van der Waals surface area contributed by atoms with Gasteiger partial charge in [-0.3, -0.25) is 4.79 Å². The van der Waals surface area contributed by atoms with Gasteiger partial charge in [-0.05, 0) is 19.1 Å². The third-order valence-corrected chi connectivity index (χ3v) is 3.47. The Bertz CT molecular complexity index is 647. The Morgan fingerprint density at radius 3 is 2.62 bits per heavy atom. The summed E-state index contributed by atoms with van der Waals surface area (Å²) >= 11 is 0. The largest absolute Gasteiger partial charge is 0.481 e. The van der Waals surface area contributed by atoms with Crippen molar-refractivity contribution in [2.75, 3.05) is 13.2 Å². The van der Waals surface area contributed by atoms with E-state index < -0.39 is 13.0 Å². The van der Waals surface area contributed by atoms with Gasteiger partial charge in [0.25, 0.3) is 6.43 Å². The van der Waals surface area contributed by atoms with Crippen LogP contribution in [0.15, 0.2) is 24.3 Å². The summed E-state index contributed by atoms with van der Waals surface area (Å²) in [6.07, 6.45) is 0.910. The first-order valence-electron chi connectivity index (χ1n) is 7.36. The Morgan fingerprint density at radius 1 is 1.38 bits per heavy atom. The maximum absolute atomic E-state index is 12.8. The molecule has 1 heterocycles. The Labute approximate surface area is 166 Å². The first-order chi connectivity index (χ1) is 11.0. The molecule has 3 nitrogen and oxygen atoms in total. The fourth-order valence-corrected chi connectivity index (χ4v) is 2.29. The fourth-order valence-electron chi connectivity index (χ4n) is 2.29. The number of alkyl halides is 2. The number of ether oxygens (including phenoxy) is 1. The number of carbonyl (C=O) groups excluding carboxylic acids is 1. The molecule has 0 aromatic heterocycles. The van der Waals surface area contributed by atoms with Crippen LogP contribution in [-0.4, -0.2) is 30.4 Å². The number of amides is 1. The zero-order chi connectivity index (χ0) is 16.8. The number of rotatable bonds is 5. The molecule has 1 aliphatic rings. The van der Waals surface area contributed by atoms with E-state index >= 15 is 0 Å². The number of nitrogens with zero attached hydrogens (tertiary/aromatic N) is 1. The van der Waals surface area contributed by atoms with Crippen LogP contribution in [0.1, 0.15) is 25.8 Å². The van der Waals surface area contributed by atoms with E-state index in [9.17, 15) is 13.6 Å². The summed E-state index contributed by atoms with van der Waals surface area (Å²) in [7, 11) is 0. The van der Waals surface area contributed by atoms with Gasteiger partial charge in [0.15, 0.2) is 0 Å². The zero-order valence-corrected chi connectivity index (χ0v) is 16.5. The monoisotopic (exact) mass is 407 g/mol. The van der Waals surface area contributed by atoms with Crippen LogP contribution in [0.3, 0.4) is 0 Å². The first-order valence-corrected chi connectivity index (χ1v) is 7.36. The molecule has 1 unspecified atom stereocenters. The van der Waals surface area contributed by atoms with Crippen LogP contribution in [-0.2, 0) is 37.5 Å². The van der Waals surface area contributed by atoms with E-state index in [0.29, 0.717) is 23.4 Å². The second-order valence-corrected chi connectivity index (χ2v) is 5.21. The number of halogens is 2. The van der Waals surface area contributed by atoms with Gasteiger partial charge in [0, 0.05) is 38.6 Å². The van der Waals surface area contributed by atoms with Crippen molar-refractivity contribution in [1.29, 1.82) is 0 Å². The zero-order valence-electron chi connectivity index (χ0n) is 13.7.